The van der Waals surface area contributed by atoms with Crippen LogP contribution >= 0.6 is 0 Å². The second-order valence-corrected chi connectivity index (χ2v) is 5.85. The van der Waals surface area contributed by atoms with Crippen LogP contribution in [0.2, 0.25) is 0 Å². The van der Waals surface area contributed by atoms with Gasteiger partial charge in [0.1, 0.15) is 11.9 Å². The Kier molecular flexibility index (Phi) is 3.82. The summed E-state index contributed by atoms with van der Waals surface area (Å²) in [6.07, 6.45) is 0.921. The van der Waals surface area contributed by atoms with Gasteiger partial charge in [-0.3, -0.25) is 0 Å². The van der Waals surface area contributed by atoms with E-state index in [1.807, 2.05) is 6.07 Å². The topological polar surface area (TPSA) is 71.9 Å². The van der Waals surface area contributed by atoms with Crippen molar-refractivity contribution in [2.24, 2.45) is 0 Å². The summed E-state index contributed by atoms with van der Waals surface area (Å²) in [5.41, 5.74) is 11.7. The second kappa shape index (κ2) is 5.78. The number of hydrogen-bond acceptors (Lipinski definition) is 4. The maximum Gasteiger partial charge on any atom is 0.142 e. The third kappa shape index (κ3) is 2.56. The molecule has 2 N–H and O–H groups in total. The van der Waals surface area contributed by atoms with Gasteiger partial charge in [0.15, 0.2) is 0 Å². The fourth-order valence-electron chi connectivity index (χ4n) is 2.96. The Morgan fingerprint density at radius 2 is 2.14 bits per heavy atom. The maximum atomic E-state index is 9.41. The first-order chi connectivity index (χ1) is 10.6. The molecule has 2 heterocycles. The molecule has 3 rings (SSSR count). The Labute approximate surface area is 130 Å². The summed E-state index contributed by atoms with van der Waals surface area (Å²) in [6, 6.07) is 10.5. The number of hydrogen-bond donors (Lipinski definition) is 1. The monoisotopic (exact) mass is 293 g/mol. The zero-order chi connectivity index (χ0) is 15.7. The summed E-state index contributed by atoms with van der Waals surface area (Å²) >= 11 is 0. The molecule has 112 valence electrons. The first kappa shape index (κ1) is 14.6. The van der Waals surface area contributed by atoms with Crippen molar-refractivity contribution in [3.8, 4) is 17.3 Å². The SMILES string of the molecule is Cc1ccc(C)c(-c2cc(C3CCOC3)c(C#N)c(N)n2)c1. The van der Waals surface area contributed by atoms with Crippen molar-refractivity contribution in [3.05, 3.63) is 46.5 Å². The Balaban J connectivity index is 2.17. The fourth-order valence-corrected chi connectivity index (χ4v) is 2.96. The van der Waals surface area contributed by atoms with Crippen molar-refractivity contribution in [1.29, 1.82) is 5.26 Å². The van der Waals surface area contributed by atoms with Gasteiger partial charge in [0, 0.05) is 18.1 Å². The minimum atomic E-state index is 0.226. The van der Waals surface area contributed by atoms with Crippen LogP contribution in [0.3, 0.4) is 0 Å². The van der Waals surface area contributed by atoms with Crippen LogP contribution in [-0.2, 0) is 4.74 Å². The van der Waals surface area contributed by atoms with Crippen molar-refractivity contribution >= 4 is 5.82 Å². The van der Waals surface area contributed by atoms with Crippen LogP contribution in [0.25, 0.3) is 11.3 Å². The highest BCUT2D eigenvalue weighted by molar-refractivity contribution is 5.69. The third-order valence-corrected chi connectivity index (χ3v) is 4.23. The average molecular weight is 293 g/mol. The van der Waals surface area contributed by atoms with Crippen LogP contribution in [0.15, 0.2) is 24.3 Å². The van der Waals surface area contributed by atoms with E-state index in [-0.39, 0.29) is 5.92 Å². The quantitative estimate of drug-likeness (QED) is 0.922. The van der Waals surface area contributed by atoms with Crippen LogP contribution in [0.1, 0.15) is 34.6 Å². The van der Waals surface area contributed by atoms with E-state index in [0.717, 1.165) is 35.4 Å². The highest BCUT2D eigenvalue weighted by Crippen LogP contribution is 2.34. The molecule has 4 heteroatoms. The van der Waals surface area contributed by atoms with Gasteiger partial charge < -0.3 is 10.5 Å². The van der Waals surface area contributed by atoms with Gasteiger partial charge in [0.05, 0.1) is 17.9 Å². The van der Waals surface area contributed by atoms with Crippen molar-refractivity contribution in [2.75, 3.05) is 18.9 Å². The predicted molar refractivity (Wildman–Crippen MR) is 86.5 cm³/mol. The number of nitrogens with two attached hydrogens (primary N) is 1. The third-order valence-electron chi connectivity index (χ3n) is 4.23. The molecule has 0 amide bonds. The van der Waals surface area contributed by atoms with E-state index < -0.39 is 0 Å². The molecule has 1 unspecified atom stereocenters. The van der Waals surface area contributed by atoms with Crippen LogP contribution < -0.4 is 5.73 Å². The van der Waals surface area contributed by atoms with Gasteiger partial charge in [-0.2, -0.15) is 5.26 Å². The summed E-state index contributed by atoms with van der Waals surface area (Å²) in [5.74, 6) is 0.534. The molecule has 0 aliphatic carbocycles. The van der Waals surface area contributed by atoms with Crippen molar-refractivity contribution in [3.63, 3.8) is 0 Å². The van der Waals surface area contributed by atoms with Crippen molar-refractivity contribution < 1.29 is 4.74 Å². The Morgan fingerprint density at radius 3 is 2.82 bits per heavy atom. The molecule has 0 bridgehead atoms. The molecule has 4 nitrogen and oxygen atoms in total. The molecule has 0 saturated carbocycles. The fraction of sp³-hybridized carbons (Fsp3) is 0.333. The van der Waals surface area contributed by atoms with Gasteiger partial charge >= 0.3 is 0 Å². The lowest BCUT2D eigenvalue weighted by molar-refractivity contribution is 0.194. The minimum Gasteiger partial charge on any atom is -0.383 e. The predicted octanol–water partition coefficient (Wildman–Crippen LogP) is 3.32. The lowest BCUT2D eigenvalue weighted by Gasteiger charge is -2.15. The summed E-state index contributed by atoms with van der Waals surface area (Å²) in [7, 11) is 0. The summed E-state index contributed by atoms with van der Waals surface area (Å²) in [4.78, 5) is 4.46. The molecule has 1 aromatic heterocycles. The molecular weight excluding hydrogens is 274 g/mol. The summed E-state index contributed by atoms with van der Waals surface area (Å²) < 4.78 is 5.47. The molecule has 22 heavy (non-hydrogen) atoms. The van der Waals surface area contributed by atoms with Crippen LogP contribution in [0.5, 0.6) is 0 Å². The zero-order valence-electron chi connectivity index (χ0n) is 12.9. The lowest BCUT2D eigenvalue weighted by atomic mass is 9.92. The first-order valence-corrected chi connectivity index (χ1v) is 7.46. The smallest absolute Gasteiger partial charge is 0.142 e. The number of nitriles is 1. The maximum absolute atomic E-state index is 9.41. The highest BCUT2D eigenvalue weighted by Gasteiger charge is 2.24. The van der Waals surface area contributed by atoms with E-state index >= 15 is 0 Å². The molecule has 1 fully saturated rings. The van der Waals surface area contributed by atoms with Gasteiger partial charge in [-0.1, -0.05) is 17.7 Å². The second-order valence-electron chi connectivity index (χ2n) is 5.85. The number of nitrogen functional groups attached to an aromatic ring is 1. The van der Waals surface area contributed by atoms with E-state index in [1.54, 1.807) is 0 Å². The molecule has 0 radical (unpaired) electrons. The lowest BCUT2D eigenvalue weighted by Crippen LogP contribution is -2.07. The number of aryl methyl sites for hydroxylation is 2. The van der Waals surface area contributed by atoms with Gasteiger partial charge in [-0.25, -0.2) is 4.98 Å². The Morgan fingerprint density at radius 1 is 1.32 bits per heavy atom. The summed E-state index contributed by atoms with van der Waals surface area (Å²) in [6.45, 7) is 5.49. The first-order valence-electron chi connectivity index (χ1n) is 7.46. The number of rotatable bonds is 2. The molecular formula is C18H19N3O. The number of ether oxygens (including phenoxy) is 1. The average Bonchev–Trinajstić information content (AvgIpc) is 3.03. The molecule has 1 aliphatic rings. The summed E-state index contributed by atoms with van der Waals surface area (Å²) in [5, 5.41) is 9.41. The van der Waals surface area contributed by atoms with E-state index in [4.69, 9.17) is 10.5 Å². The molecule has 0 spiro atoms. The van der Waals surface area contributed by atoms with E-state index in [2.05, 4.69) is 43.1 Å². The minimum absolute atomic E-state index is 0.226. The normalized spacial score (nSPS) is 17.4. The van der Waals surface area contributed by atoms with Crippen molar-refractivity contribution in [1.82, 2.24) is 4.98 Å². The van der Waals surface area contributed by atoms with Crippen LogP contribution in [0.4, 0.5) is 5.82 Å². The number of anilines is 1. The number of benzene rings is 1. The van der Waals surface area contributed by atoms with Crippen LogP contribution in [-0.4, -0.2) is 18.2 Å². The van der Waals surface area contributed by atoms with E-state index in [0.29, 0.717) is 18.0 Å². The Bertz CT molecular complexity index is 756. The molecule has 1 atom stereocenters. The molecule has 1 aliphatic heterocycles. The molecule has 1 saturated heterocycles. The number of pyridine rings is 1. The largest absolute Gasteiger partial charge is 0.383 e. The molecule has 1 aromatic carbocycles. The zero-order valence-corrected chi connectivity index (χ0v) is 12.9. The van der Waals surface area contributed by atoms with Gasteiger partial charge in [0.2, 0.25) is 0 Å². The van der Waals surface area contributed by atoms with E-state index in [1.165, 1.54) is 5.56 Å². The van der Waals surface area contributed by atoms with Gasteiger partial charge in [-0.05, 0) is 43.5 Å². The van der Waals surface area contributed by atoms with Crippen LogP contribution in [0, 0.1) is 25.2 Å². The van der Waals surface area contributed by atoms with E-state index in [9.17, 15) is 5.26 Å². The van der Waals surface area contributed by atoms with Gasteiger partial charge in [-0.15, -0.1) is 0 Å². The number of nitrogens with zero attached hydrogens (tertiary/aromatic N) is 2. The van der Waals surface area contributed by atoms with Crippen molar-refractivity contribution in [2.45, 2.75) is 26.2 Å². The number of aromatic nitrogens is 1. The van der Waals surface area contributed by atoms with Gasteiger partial charge in [0.25, 0.3) is 0 Å². The Hall–Kier alpha value is -2.38. The molecule has 2 aromatic rings. The standard InChI is InChI=1S/C18H19N3O/c1-11-3-4-12(2)14(7-11)17-8-15(13-5-6-22-10-13)16(9-19)18(20)21-17/h3-4,7-8,13H,5-6,10H2,1-2H3,(H2,20,21). The highest BCUT2D eigenvalue weighted by atomic mass is 16.5.